The lowest BCUT2D eigenvalue weighted by molar-refractivity contribution is -0.137. The summed E-state index contributed by atoms with van der Waals surface area (Å²) in [7, 11) is 0. The molecule has 0 saturated heterocycles. The van der Waals surface area contributed by atoms with Gasteiger partial charge in [0, 0.05) is 24.1 Å². The van der Waals surface area contributed by atoms with Gasteiger partial charge in [0.05, 0.1) is 5.56 Å². The molecule has 0 saturated carbocycles. The maximum absolute atomic E-state index is 12.7. The van der Waals surface area contributed by atoms with E-state index in [2.05, 4.69) is 15.6 Å². The summed E-state index contributed by atoms with van der Waals surface area (Å²) in [5.41, 5.74) is 0.229. The normalized spacial score (nSPS) is 11.4. The molecule has 0 bridgehead atoms. The smallest absolute Gasteiger partial charge is 0.355 e. The number of nitrogens with zero attached hydrogens (tertiary/aromatic N) is 1. The van der Waals surface area contributed by atoms with E-state index in [9.17, 15) is 18.0 Å². The van der Waals surface area contributed by atoms with Gasteiger partial charge in [-0.25, -0.2) is 0 Å². The van der Waals surface area contributed by atoms with Crippen LogP contribution >= 0.6 is 0 Å². The van der Waals surface area contributed by atoms with Crippen molar-refractivity contribution < 1.29 is 18.0 Å². The molecule has 24 heavy (non-hydrogen) atoms. The molecule has 2 N–H and O–H groups in total. The van der Waals surface area contributed by atoms with Gasteiger partial charge in [0.25, 0.3) is 5.91 Å². The van der Waals surface area contributed by atoms with Gasteiger partial charge in [0.2, 0.25) is 0 Å². The molecule has 0 aliphatic rings. The number of carbonyl (C=O) groups excluding carboxylic acids is 1. The van der Waals surface area contributed by atoms with E-state index in [-0.39, 0.29) is 17.3 Å². The van der Waals surface area contributed by atoms with Gasteiger partial charge in [0.1, 0.15) is 5.69 Å². The monoisotopic (exact) mass is 337 g/mol. The molecule has 0 spiro atoms. The predicted octanol–water partition coefficient (Wildman–Crippen LogP) is 4.23. The highest BCUT2D eigenvalue weighted by atomic mass is 19.4. The number of hydrogen-bond donors (Lipinski definition) is 2. The molecule has 1 heterocycles. The fourth-order valence-electron chi connectivity index (χ4n) is 1.96. The Morgan fingerprint density at radius 3 is 2.54 bits per heavy atom. The maximum Gasteiger partial charge on any atom is 0.416 e. The fraction of sp³-hybridized carbons (Fsp3) is 0.294. The number of anilines is 2. The van der Waals surface area contributed by atoms with Crippen LogP contribution in [-0.4, -0.2) is 17.4 Å². The lowest BCUT2D eigenvalue weighted by atomic mass is 10.2. The third-order valence-electron chi connectivity index (χ3n) is 3.14. The molecule has 0 aliphatic carbocycles. The number of benzene rings is 1. The van der Waals surface area contributed by atoms with Gasteiger partial charge in [-0.05, 0) is 36.2 Å². The molecule has 2 aromatic rings. The molecular formula is C17H18F3N3O. The molecular weight excluding hydrogens is 319 g/mol. The standard InChI is InChI=1S/C17H18F3N3O/c1-11(2)10-22-16(24)15-9-14(6-7-21-15)23-13-5-3-4-12(8-13)17(18,19)20/h3-9,11H,10H2,1-2H3,(H,21,23)(H,22,24). The van der Waals surface area contributed by atoms with Gasteiger partial charge in [-0.15, -0.1) is 0 Å². The number of carbonyl (C=O) groups is 1. The highest BCUT2D eigenvalue weighted by Gasteiger charge is 2.30. The number of hydrogen-bond acceptors (Lipinski definition) is 3. The molecule has 0 aliphatic heterocycles. The lowest BCUT2D eigenvalue weighted by Crippen LogP contribution is -2.28. The van der Waals surface area contributed by atoms with E-state index in [1.807, 2.05) is 13.8 Å². The summed E-state index contributed by atoms with van der Waals surface area (Å²) >= 11 is 0. The van der Waals surface area contributed by atoms with Crippen LogP contribution < -0.4 is 10.6 Å². The molecule has 0 atom stereocenters. The van der Waals surface area contributed by atoms with Crippen LogP contribution in [-0.2, 0) is 6.18 Å². The second kappa shape index (κ2) is 7.33. The summed E-state index contributed by atoms with van der Waals surface area (Å²) in [4.78, 5) is 16.0. The Labute approximate surface area is 138 Å². The predicted molar refractivity (Wildman–Crippen MR) is 86.1 cm³/mol. The zero-order valence-corrected chi connectivity index (χ0v) is 13.3. The van der Waals surface area contributed by atoms with Crippen molar-refractivity contribution in [3.8, 4) is 0 Å². The van der Waals surface area contributed by atoms with Crippen molar-refractivity contribution in [2.24, 2.45) is 5.92 Å². The lowest BCUT2D eigenvalue weighted by Gasteiger charge is -2.11. The van der Waals surface area contributed by atoms with Crippen molar-refractivity contribution in [3.05, 3.63) is 53.9 Å². The fourth-order valence-corrected chi connectivity index (χ4v) is 1.96. The Morgan fingerprint density at radius 1 is 1.17 bits per heavy atom. The van der Waals surface area contributed by atoms with E-state index < -0.39 is 11.7 Å². The summed E-state index contributed by atoms with van der Waals surface area (Å²) in [5.74, 6) is -0.0169. The van der Waals surface area contributed by atoms with Crippen LogP contribution in [0.3, 0.4) is 0 Å². The molecule has 0 radical (unpaired) electrons. The Hall–Kier alpha value is -2.57. The first kappa shape index (κ1) is 17.8. The van der Waals surface area contributed by atoms with E-state index in [0.717, 1.165) is 12.1 Å². The van der Waals surface area contributed by atoms with Gasteiger partial charge >= 0.3 is 6.18 Å². The van der Waals surface area contributed by atoms with E-state index in [4.69, 9.17) is 0 Å². The zero-order chi connectivity index (χ0) is 17.7. The topological polar surface area (TPSA) is 54.0 Å². The van der Waals surface area contributed by atoms with Crippen molar-refractivity contribution in [1.82, 2.24) is 10.3 Å². The highest BCUT2D eigenvalue weighted by molar-refractivity contribution is 5.93. The quantitative estimate of drug-likeness (QED) is 0.858. The minimum absolute atomic E-state index is 0.202. The number of nitrogens with one attached hydrogen (secondary N) is 2. The minimum Gasteiger partial charge on any atom is -0.355 e. The average molecular weight is 337 g/mol. The molecule has 1 amide bonds. The van der Waals surface area contributed by atoms with Crippen molar-refractivity contribution in [1.29, 1.82) is 0 Å². The van der Waals surface area contributed by atoms with E-state index in [0.29, 0.717) is 18.2 Å². The molecule has 7 heteroatoms. The highest BCUT2D eigenvalue weighted by Crippen LogP contribution is 2.31. The number of pyridine rings is 1. The first-order valence-electron chi connectivity index (χ1n) is 7.44. The number of alkyl halides is 3. The SMILES string of the molecule is CC(C)CNC(=O)c1cc(Nc2cccc(C(F)(F)F)c2)ccn1. The third kappa shape index (κ3) is 4.97. The Bertz CT molecular complexity index is 714. The van der Waals surface area contributed by atoms with Crippen LogP contribution in [0.25, 0.3) is 0 Å². The molecule has 0 fully saturated rings. The van der Waals surface area contributed by atoms with Crippen LogP contribution in [0.1, 0.15) is 29.9 Å². The Kier molecular flexibility index (Phi) is 5.43. The largest absolute Gasteiger partial charge is 0.416 e. The molecule has 2 rings (SSSR count). The first-order valence-corrected chi connectivity index (χ1v) is 7.44. The third-order valence-corrected chi connectivity index (χ3v) is 3.14. The second-order valence-electron chi connectivity index (χ2n) is 5.74. The molecule has 1 aromatic carbocycles. The van der Waals surface area contributed by atoms with E-state index in [1.54, 1.807) is 6.07 Å². The van der Waals surface area contributed by atoms with Crippen molar-refractivity contribution in [3.63, 3.8) is 0 Å². The van der Waals surface area contributed by atoms with Gasteiger partial charge in [-0.2, -0.15) is 13.2 Å². The number of aromatic nitrogens is 1. The maximum atomic E-state index is 12.7. The van der Waals surface area contributed by atoms with Gasteiger partial charge in [0.15, 0.2) is 0 Å². The number of amides is 1. The van der Waals surface area contributed by atoms with Crippen molar-refractivity contribution in [2.45, 2.75) is 20.0 Å². The molecule has 4 nitrogen and oxygen atoms in total. The van der Waals surface area contributed by atoms with E-state index in [1.165, 1.54) is 24.4 Å². The molecule has 1 aromatic heterocycles. The summed E-state index contributed by atoms with van der Waals surface area (Å²) < 4.78 is 38.2. The first-order chi connectivity index (χ1) is 11.3. The molecule has 0 unspecified atom stereocenters. The summed E-state index contributed by atoms with van der Waals surface area (Å²) in [5, 5.41) is 5.60. The number of halogens is 3. The van der Waals surface area contributed by atoms with Gasteiger partial charge in [-0.3, -0.25) is 9.78 Å². The van der Waals surface area contributed by atoms with Crippen LogP contribution in [0, 0.1) is 5.92 Å². The van der Waals surface area contributed by atoms with E-state index >= 15 is 0 Å². The molecule has 128 valence electrons. The van der Waals surface area contributed by atoms with Crippen molar-refractivity contribution >= 4 is 17.3 Å². The van der Waals surface area contributed by atoms with Crippen LogP contribution in [0.15, 0.2) is 42.6 Å². The zero-order valence-electron chi connectivity index (χ0n) is 13.3. The second-order valence-corrected chi connectivity index (χ2v) is 5.74. The Balaban J connectivity index is 2.14. The number of rotatable bonds is 5. The summed E-state index contributed by atoms with van der Waals surface area (Å²) in [6, 6.07) is 7.94. The van der Waals surface area contributed by atoms with Crippen LogP contribution in [0.5, 0.6) is 0 Å². The minimum atomic E-state index is -4.40. The van der Waals surface area contributed by atoms with Crippen LogP contribution in [0.2, 0.25) is 0 Å². The van der Waals surface area contributed by atoms with Crippen LogP contribution in [0.4, 0.5) is 24.5 Å². The Morgan fingerprint density at radius 2 is 1.88 bits per heavy atom. The van der Waals surface area contributed by atoms with Gasteiger partial charge < -0.3 is 10.6 Å². The summed E-state index contributed by atoms with van der Waals surface area (Å²) in [6.45, 7) is 4.46. The summed E-state index contributed by atoms with van der Waals surface area (Å²) in [6.07, 6.45) is -2.97. The van der Waals surface area contributed by atoms with Gasteiger partial charge in [-0.1, -0.05) is 19.9 Å². The average Bonchev–Trinajstić information content (AvgIpc) is 2.52. The van der Waals surface area contributed by atoms with Crippen molar-refractivity contribution in [2.75, 3.05) is 11.9 Å².